The van der Waals surface area contributed by atoms with Crippen molar-refractivity contribution < 1.29 is 13.6 Å². The normalized spacial score (nSPS) is 44.2. The van der Waals surface area contributed by atoms with Crippen molar-refractivity contribution in [1.82, 2.24) is 0 Å². The third-order valence-electron chi connectivity index (χ3n) is 7.36. The Labute approximate surface area is 143 Å². The molecule has 0 aromatic carbocycles. The predicted molar refractivity (Wildman–Crippen MR) is 97.7 cm³/mol. The van der Waals surface area contributed by atoms with E-state index in [1.165, 1.54) is 38.5 Å². The molecule has 2 saturated carbocycles. The molecule has 4 fully saturated rings. The van der Waals surface area contributed by atoms with Crippen LogP contribution < -0.4 is 0 Å². The summed E-state index contributed by atoms with van der Waals surface area (Å²) in [6.45, 7) is 12.4. The molecule has 132 valence electrons. The van der Waals surface area contributed by atoms with Gasteiger partial charge in [-0.2, -0.15) is 0 Å². The fraction of sp³-hybridized carbons (Fsp3) is 1.00. The minimum Gasteiger partial charge on any atom is -0.455 e. The van der Waals surface area contributed by atoms with Gasteiger partial charge in [-0.25, -0.2) is 0 Å². The lowest BCUT2D eigenvalue weighted by Gasteiger charge is -2.44. The third kappa shape index (κ3) is 3.36. The standard InChI is InChI=1S/C18H34O3Si2/c1-12(13-6-8-15-17(10-13)19-15)22(2,3)21-23(4,5)14-7-9-16-18(11-14)20-16/h12-18H,6-11H2,1-5H3. The Hall–Kier alpha value is 0.314. The van der Waals surface area contributed by atoms with Crippen molar-refractivity contribution in [3.8, 4) is 0 Å². The van der Waals surface area contributed by atoms with E-state index in [4.69, 9.17) is 13.6 Å². The van der Waals surface area contributed by atoms with Crippen LogP contribution in [0.15, 0.2) is 0 Å². The van der Waals surface area contributed by atoms with E-state index in [1.54, 1.807) is 0 Å². The van der Waals surface area contributed by atoms with Crippen LogP contribution in [0.25, 0.3) is 0 Å². The van der Waals surface area contributed by atoms with E-state index in [1.807, 2.05) is 0 Å². The van der Waals surface area contributed by atoms with E-state index in [2.05, 4.69) is 33.1 Å². The highest BCUT2D eigenvalue weighted by Crippen LogP contribution is 2.50. The van der Waals surface area contributed by atoms with E-state index in [0.717, 1.165) is 17.0 Å². The van der Waals surface area contributed by atoms with Gasteiger partial charge in [0.2, 0.25) is 0 Å². The van der Waals surface area contributed by atoms with Crippen molar-refractivity contribution in [2.24, 2.45) is 5.92 Å². The SMILES string of the molecule is CC(C1CCC2OC2C1)[Si](C)(C)O[Si](C)(C)C1CCC2OC2C1. The zero-order chi connectivity index (χ0) is 16.4. The molecule has 5 heteroatoms. The van der Waals surface area contributed by atoms with Crippen molar-refractivity contribution in [2.75, 3.05) is 0 Å². The average Bonchev–Trinajstić information content (AvgIpc) is 3.36. The van der Waals surface area contributed by atoms with Gasteiger partial charge in [-0.05, 0) is 81.7 Å². The van der Waals surface area contributed by atoms with E-state index in [-0.39, 0.29) is 0 Å². The molecular weight excluding hydrogens is 320 g/mol. The summed E-state index contributed by atoms with van der Waals surface area (Å²) in [4.78, 5) is 0. The second-order valence-electron chi connectivity index (χ2n) is 9.61. The Morgan fingerprint density at radius 2 is 1.43 bits per heavy atom. The molecule has 7 atom stereocenters. The monoisotopic (exact) mass is 354 g/mol. The molecule has 2 aliphatic heterocycles. The van der Waals surface area contributed by atoms with E-state index >= 15 is 0 Å². The molecule has 0 bridgehead atoms. The zero-order valence-electron chi connectivity index (χ0n) is 15.5. The molecule has 23 heavy (non-hydrogen) atoms. The van der Waals surface area contributed by atoms with Gasteiger partial charge in [0.05, 0.1) is 24.4 Å². The minimum absolute atomic E-state index is 0.577. The fourth-order valence-electron chi connectivity index (χ4n) is 5.35. The lowest BCUT2D eigenvalue weighted by Crippen LogP contribution is -2.51. The summed E-state index contributed by atoms with van der Waals surface area (Å²) in [7, 11) is -3.30. The summed E-state index contributed by atoms with van der Waals surface area (Å²) in [5, 5.41) is 0. The van der Waals surface area contributed by atoms with Crippen LogP contribution in [0.1, 0.15) is 45.4 Å². The molecule has 2 saturated heterocycles. The van der Waals surface area contributed by atoms with Gasteiger partial charge < -0.3 is 13.6 Å². The second kappa shape index (κ2) is 5.66. The maximum atomic E-state index is 7.08. The van der Waals surface area contributed by atoms with Crippen molar-refractivity contribution in [1.29, 1.82) is 0 Å². The quantitative estimate of drug-likeness (QED) is 0.530. The first-order chi connectivity index (χ1) is 10.8. The molecule has 3 nitrogen and oxygen atoms in total. The van der Waals surface area contributed by atoms with Gasteiger partial charge in [-0.1, -0.05) is 6.92 Å². The number of hydrogen-bond acceptors (Lipinski definition) is 3. The van der Waals surface area contributed by atoms with Crippen LogP contribution in [0.2, 0.25) is 37.3 Å². The molecule has 0 amide bonds. The van der Waals surface area contributed by atoms with Crippen molar-refractivity contribution in [2.45, 2.75) is 107 Å². The number of epoxide rings is 2. The molecule has 0 spiro atoms. The van der Waals surface area contributed by atoms with Crippen LogP contribution in [0.3, 0.4) is 0 Å². The molecule has 0 N–H and O–H groups in total. The Morgan fingerprint density at radius 3 is 2.04 bits per heavy atom. The Morgan fingerprint density at radius 1 is 0.826 bits per heavy atom. The summed E-state index contributed by atoms with van der Waals surface area (Å²) >= 11 is 0. The van der Waals surface area contributed by atoms with Gasteiger partial charge in [0.15, 0.2) is 16.6 Å². The molecule has 0 aromatic rings. The highest BCUT2D eigenvalue weighted by atomic mass is 28.4. The lowest BCUT2D eigenvalue weighted by atomic mass is 9.87. The van der Waals surface area contributed by atoms with Gasteiger partial charge in [0.25, 0.3) is 0 Å². The van der Waals surface area contributed by atoms with Crippen molar-refractivity contribution >= 4 is 16.6 Å². The number of ether oxygens (including phenoxy) is 2. The van der Waals surface area contributed by atoms with Gasteiger partial charge in [0.1, 0.15) is 0 Å². The summed E-state index contributed by atoms with van der Waals surface area (Å²) in [6.07, 6.45) is 10.2. The van der Waals surface area contributed by atoms with E-state index in [9.17, 15) is 0 Å². The van der Waals surface area contributed by atoms with Gasteiger partial charge in [0, 0.05) is 0 Å². The summed E-state index contributed by atoms with van der Waals surface area (Å²) in [6, 6.07) is 0. The number of rotatable bonds is 5. The van der Waals surface area contributed by atoms with Crippen LogP contribution in [-0.4, -0.2) is 41.1 Å². The topological polar surface area (TPSA) is 34.3 Å². The number of hydrogen-bond donors (Lipinski definition) is 0. The van der Waals surface area contributed by atoms with E-state index in [0.29, 0.717) is 24.4 Å². The molecule has 0 aromatic heterocycles. The lowest BCUT2D eigenvalue weighted by molar-refractivity contribution is 0.341. The minimum atomic E-state index is -1.67. The second-order valence-corrected chi connectivity index (χ2v) is 18.6. The first-order valence-electron chi connectivity index (χ1n) is 9.77. The Bertz CT molecular complexity index is 467. The smallest absolute Gasteiger partial charge is 0.176 e. The van der Waals surface area contributed by atoms with Gasteiger partial charge in [-0.15, -0.1) is 0 Å². The maximum absolute atomic E-state index is 7.08. The summed E-state index contributed by atoms with van der Waals surface area (Å²) < 4.78 is 18.6. The largest absolute Gasteiger partial charge is 0.455 e. The predicted octanol–water partition coefficient (Wildman–Crippen LogP) is 4.69. The van der Waals surface area contributed by atoms with Crippen molar-refractivity contribution in [3.05, 3.63) is 0 Å². The third-order valence-corrected chi connectivity index (χ3v) is 16.7. The molecular formula is C18H34O3Si2. The Balaban J connectivity index is 1.38. The highest BCUT2D eigenvalue weighted by molar-refractivity contribution is 6.86. The van der Waals surface area contributed by atoms with Crippen LogP contribution in [-0.2, 0) is 13.6 Å². The molecule has 2 heterocycles. The highest BCUT2D eigenvalue weighted by Gasteiger charge is 2.52. The molecule has 7 unspecified atom stereocenters. The van der Waals surface area contributed by atoms with Crippen LogP contribution >= 0.6 is 0 Å². The molecule has 0 radical (unpaired) electrons. The molecule has 4 aliphatic rings. The summed E-state index contributed by atoms with van der Waals surface area (Å²) in [5.74, 6) is 0.827. The average molecular weight is 355 g/mol. The van der Waals surface area contributed by atoms with Crippen LogP contribution in [0.4, 0.5) is 0 Å². The summed E-state index contributed by atoms with van der Waals surface area (Å²) in [5.41, 5.74) is 1.54. The zero-order valence-corrected chi connectivity index (χ0v) is 17.5. The Kier molecular flexibility index (Phi) is 4.13. The fourth-order valence-corrected chi connectivity index (χ4v) is 15.3. The molecule has 4 rings (SSSR count). The van der Waals surface area contributed by atoms with Gasteiger partial charge in [-0.3, -0.25) is 0 Å². The van der Waals surface area contributed by atoms with E-state index < -0.39 is 16.6 Å². The van der Waals surface area contributed by atoms with Crippen LogP contribution in [0, 0.1) is 5.92 Å². The number of fused-ring (bicyclic) bond motifs is 2. The van der Waals surface area contributed by atoms with Crippen molar-refractivity contribution in [3.63, 3.8) is 0 Å². The maximum Gasteiger partial charge on any atom is 0.176 e. The molecule has 2 aliphatic carbocycles. The van der Waals surface area contributed by atoms with Gasteiger partial charge >= 0.3 is 0 Å². The van der Waals surface area contributed by atoms with Crippen LogP contribution in [0.5, 0.6) is 0 Å². The first-order valence-corrected chi connectivity index (χ1v) is 15.7. The first kappa shape index (κ1) is 16.8.